The van der Waals surface area contributed by atoms with Crippen molar-refractivity contribution in [2.75, 3.05) is 0 Å². The molecule has 84 valence electrons. The van der Waals surface area contributed by atoms with Crippen LogP contribution in [0.3, 0.4) is 0 Å². The Bertz CT molecular complexity index is 536. The fourth-order valence-corrected chi connectivity index (χ4v) is 2.22. The molecule has 2 heteroatoms. The van der Waals surface area contributed by atoms with Crippen molar-refractivity contribution in [3.63, 3.8) is 0 Å². The molecule has 0 N–H and O–H groups in total. The molecule has 1 heterocycles. The van der Waals surface area contributed by atoms with E-state index in [1.54, 1.807) is 11.3 Å². The Hall–Kier alpha value is -1.93. The Labute approximate surface area is 105 Å². The van der Waals surface area contributed by atoms with Crippen molar-refractivity contribution in [2.45, 2.75) is 0 Å². The van der Waals surface area contributed by atoms with E-state index in [0.717, 1.165) is 21.7 Å². The Kier molecular flexibility index (Phi) is 3.68. The summed E-state index contributed by atoms with van der Waals surface area (Å²) in [5.74, 6) is 0. The molecule has 0 atom stereocenters. The predicted molar refractivity (Wildman–Crippen MR) is 77.3 cm³/mol. The van der Waals surface area contributed by atoms with E-state index in [-0.39, 0.29) is 0 Å². The second kappa shape index (κ2) is 5.41. The molecule has 0 bridgehead atoms. The topological polar surface area (TPSA) is 12.4 Å². The molecule has 0 unspecified atom stereocenters. The third-order valence-electron chi connectivity index (χ3n) is 2.40. The highest BCUT2D eigenvalue weighted by atomic mass is 32.1. The van der Waals surface area contributed by atoms with Crippen LogP contribution in [0, 0.1) is 0 Å². The third-order valence-corrected chi connectivity index (χ3v) is 3.29. The van der Waals surface area contributed by atoms with E-state index in [4.69, 9.17) is 0 Å². The average Bonchev–Trinajstić information content (AvgIpc) is 2.90. The van der Waals surface area contributed by atoms with Crippen molar-refractivity contribution in [3.05, 3.63) is 70.9 Å². The van der Waals surface area contributed by atoms with Gasteiger partial charge in [-0.1, -0.05) is 43.0 Å². The minimum Gasteiger partial charge on any atom is -0.263 e. The number of benzene rings is 1. The van der Waals surface area contributed by atoms with Gasteiger partial charge in [-0.05, 0) is 35.4 Å². The van der Waals surface area contributed by atoms with Crippen LogP contribution in [0.15, 0.2) is 65.5 Å². The Morgan fingerprint density at radius 2 is 1.88 bits per heavy atom. The molecule has 0 spiro atoms. The maximum absolute atomic E-state index is 4.06. The average molecular weight is 239 g/mol. The zero-order valence-electron chi connectivity index (χ0n) is 9.47. The van der Waals surface area contributed by atoms with Gasteiger partial charge in [0.25, 0.3) is 0 Å². The standard InChI is InChI=1S/C15H13NS/c1-12(13-7-4-3-5-8-13)11-14(16-2)15-9-6-10-17-15/h3-11H,1-2H2/b14-11-. The lowest BCUT2D eigenvalue weighted by atomic mass is 10.1. The van der Waals surface area contributed by atoms with Crippen LogP contribution in [-0.4, -0.2) is 6.72 Å². The zero-order chi connectivity index (χ0) is 12.1. The molecule has 0 saturated heterocycles. The van der Waals surface area contributed by atoms with Crippen molar-refractivity contribution < 1.29 is 0 Å². The molecular formula is C15H13NS. The second-order valence-electron chi connectivity index (χ2n) is 3.56. The lowest BCUT2D eigenvalue weighted by Crippen LogP contribution is -1.80. The normalized spacial score (nSPS) is 11.2. The van der Waals surface area contributed by atoms with Crippen molar-refractivity contribution in [2.24, 2.45) is 4.99 Å². The van der Waals surface area contributed by atoms with Crippen LogP contribution in [-0.2, 0) is 0 Å². The van der Waals surface area contributed by atoms with E-state index in [9.17, 15) is 0 Å². The zero-order valence-corrected chi connectivity index (χ0v) is 10.3. The van der Waals surface area contributed by atoms with Crippen molar-refractivity contribution in [3.8, 4) is 0 Å². The van der Waals surface area contributed by atoms with E-state index < -0.39 is 0 Å². The van der Waals surface area contributed by atoms with Crippen molar-refractivity contribution in [1.29, 1.82) is 0 Å². The lowest BCUT2D eigenvalue weighted by Gasteiger charge is -2.02. The molecule has 0 aliphatic heterocycles. The summed E-state index contributed by atoms with van der Waals surface area (Å²) in [6.07, 6.45) is 1.97. The number of allylic oxidation sites excluding steroid dienone is 2. The van der Waals surface area contributed by atoms with Crippen LogP contribution in [0.25, 0.3) is 11.3 Å². The van der Waals surface area contributed by atoms with Gasteiger partial charge in [0.05, 0.1) is 10.6 Å². The van der Waals surface area contributed by atoms with E-state index >= 15 is 0 Å². The summed E-state index contributed by atoms with van der Waals surface area (Å²) < 4.78 is 0. The summed E-state index contributed by atoms with van der Waals surface area (Å²) in [5.41, 5.74) is 2.92. The predicted octanol–water partition coefficient (Wildman–Crippen LogP) is 4.50. The first-order chi connectivity index (χ1) is 8.31. The van der Waals surface area contributed by atoms with Crippen LogP contribution >= 0.6 is 11.3 Å². The monoisotopic (exact) mass is 239 g/mol. The Morgan fingerprint density at radius 3 is 2.47 bits per heavy atom. The molecule has 1 aromatic heterocycles. The van der Waals surface area contributed by atoms with Gasteiger partial charge in [-0.15, -0.1) is 11.3 Å². The SMILES string of the molecule is C=N/C(=C\C(=C)c1ccccc1)c1cccs1. The van der Waals surface area contributed by atoms with E-state index in [2.05, 4.69) is 18.3 Å². The summed E-state index contributed by atoms with van der Waals surface area (Å²) in [6.45, 7) is 7.67. The Morgan fingerprint density at radius 1 is 1.12 bits per heavy atom. The first-order valence-electron chi connectivity index (χ1n) is 5.28. The van der Waals surface area contributed by atoms with Gasteiger partial charge in [-0.2, -0.15) is 0 Å². The molecule has 2 rings (SSSR count). The van der Waals surface area contributed by atoms with Crippen LogP contribution in [0.5, 0.6) is 0 Å². The molecule has 0 aliphatic carbocycles. The summed E-state index contributed by atoms with van der Waals surface area (Å²) in [5, 5.41) is 2.03. The number of rotatable bonds is 4. The fourth-order valence-electron chi connectivity index (χ4n) is 1.52. The van der Waals surface area contributed by atoms with Gasteiger partial charge in [0.2, 0.25) is 0 Å². The molecule has 0 amide bonds. The number of hydrogen-bond donors (Lipinski definition) is 0. The quantitative estimate of drug-likeness (QED) is 0.550. The fraction of sp³-hybridized carbons (Fsp3) is 0. The summed E-state index contributed by atoms with van der Waals surface area (Å²) in [7, 11) is 0. The summed E-state index contributed by atoms with van der Waals surface area (Å²) in [4.78, 5) is 5.17. The van der Waals surface area contributed by atoms with E-state index in [0.29, 0.717) is 0 Å². The molecule has 1 nitrogen and oxygen atoms in total. The van der Waals surface area contributed by atoms with E-state index in [1.807, 2.05) is 53.9 Å². The van der Waals surface area contributed by atoms with Gasteiger partial charge < -0.3 is 0 Å². The first kappa shape index (κ1) is 11.6. The number of thiophene rings is 1. The Balaban J connectivity index is 2.30. The minimum atomic E-state index is 0.869. The van der Waals surface area contributed by atoms with Crippen LogP contribution < -0.4 is 0 Å². The van der Waals surface area contributed by atoms with Gasteiger partial charge in [-0.3, -0.25) is 4.99 Å². The molecule has 0 aliphatic rings. The largest absolute Gasteiger partial charge is 0.263 e. The van der Waals surface area contributed by atoms with E-state index in [1.165, 1.54) is 0 Å². The molecule has 0 fully saturated rings. The van der Waals surface area contributed by atoms with Gasteiger partial charge in [0.15, 0.2) is 0 Å². The van der Waals surface area contributed by atoms with Gasteiger partial charge in [0.1, 0.15) is 0 Å². The molecular weight excluding hydrogens is 226 g/mol. The highest BCUT2D eigenvalue weighted by Gasteiger charge is 2.01. The molecule has 1 aromatic carbocycles. The lowest BCUT2D eigenvalue weighted by molar-refractivity contribution is 1.59. The van der Waals surface area contributed by atoms with Crippen molar-refractivity contribution in [1.82, 2.24) is 0 Å². The maximum Gasteiger partial charge on any atom is 0.0800 e. The van der Waals surface area contributed by atoms with Crippen LogP contribution in [0.2, 0.25) is 0 Å². The van der Waals surface area contributed by atoms with Crippen LogP contribution in [0.1, 0.15) is 10.4 Å². The smallest absolute Gasteiger partial charge is 0.0800 e. The molecule has 2 aromatic rings. The number of nitrogens with zero attached hydrogens (tertiary/aromatic N) is 1. The number of hydrogen-bond acceptors (Lipinski definition) is 2. The van der Waals surface area contributed by atoms with Gasteiger partial charge in [0, 0.05) is 0 Å². The molecule has 0 saturated carbocycles. The highest BCUT2D eigenvalue weighted by molar-refractivity contribution is 7.11. The third kappa shape index (κ3) is 2.80. The highest BCUT2D eigenvalue weighted by Crippen LogP contribution is 2.25. The summed E-state index contributed by atoms with van der Waals surface area (Å²) >= 11 is 1.65. The number of aliphatic imine (C=N–C) groups is 1. The van der Waals surface area contributed by atoms with Crippen molar-refractivity contribution >= 4 is 29.3 Å². The minimum absolute atomic E-state index is 0.869. The summed E-state index contributed by atoms with van der Waals surface area (Å²) in [6, 6.07) is 14.1. The molecule has 17 heavy (non-hydrogen) atoms. The van der Waals surface area contributed by atoms with Gasteiger partial charge >= 0.3 is 0 Å². The van der Waals surface area contributed by atoms with Gasteiger partial charge in [-0.25, -0.2) is 0 Å². The first-order valence-corrected chi connectivity index (χ1v) is 6.16. The second-order valence-corrected chi connectivity index (χ2v) is 4.50. The maximum atomic E-state index is 4.06. The van der Waals surface area contributed by atoms with Crippen LogP contribution in [0.4, 0.5) is 0 Å². The molecule has 0 radical (unpaired) electrons.